The molecule has 2 heterocycles. The number of aryl methyl sites for hydroxylation is 1. The highest BCUT2D eigenvalue weighted by Gasteiger charge is 2.12. The minimum Gasteiger partial charge on any atom is -0.383 e. The average Bonchev–Trinajstić information content (AvgIpc) is 2.64. The van der Waals surface area contributed by atoms with Crippen molar-refractivity contribution in [2.45, 2.75) is 13.0 Å². The Hall–Kier alpha value is -0.710. The second kappa shape index (κ2) is 4.43. The van der Waals surface area contributed by atoms with Gasteiger partial charge in [0, 0.05) is 32.7 Å². The van der Waals surface area contributed by atoms with Gasteiger partial charge in [-0.05, 0) is 34.5 Å². The summed E-state index contributed by atoms with van der Waals surface area (Å²) >= 11 is 4.90. The van der Waals surface area contributed by atoms with Gasteiger partial charge < -0.3 is 5.11 Å². The number of aromatic nitrogens is 1. The molecule has 0 aromatic carbocycles. The monoisotopic (exact) mass is 283 g/mol. The number of nitrogens with zero attached hydrogens (tertiary/aromatic N) is 1. The van der Waals surface area contributed by atoms with E-state index in [1.165, 1.54) is 11.3 Å². The molecule has 0 spiro atoms. The first-order valence-electron chi connectivity index (χ1n) is 4.50. The quantitative estimate of drug-likeness (QED) is 0.918. The molecule has 1 unspecified atom stereocenters. The summed E-state index contributed by atoms with van der Waals surface area (Å²) in [6.45, 7) is 1.97. The molecule has 2 aromatic heterocycles. The normalized spacial score (nSPS) is 12.7. The van der Waals surface area contributed by atoms with Crippen LogP contribution >= 0.6 is 27.3 Å². The zero-order valence-corrected chi connectivity index (χ0v) is 10.5. The molecule has 2 rings (SSSR count). The molecule has 0 aliphatic heterocycles. The van der Waals surface area contributed by atoms with Gasteiger partial charge in [0.1, 0.15) is 6.10 Å². The highest BCUT2D eigenvalue weighted by molar-refractivity contribution is 9.10. The first-order chi connectivity index (χ1) is 7.16. The SMILES string of the molecule is Cc1cncc(C(O)c2cc(Br)cs2)c1. The number of aliphatic hydroxyl groups is 1. The lowest BCUT2D eigenvalue weighted by molar-refractivity contribution is 0.223. The van der Waals surface area contributed by atoms with Gasteiger partial charge in [-0.3, -0.25) is 4.98 Å². The zero-order chi connectivity index (χ0) is 10.8. The maximum atomic E-state index is 10.1. The van der Waals surface area contributed by atoms with Crippen LogP contribution in [-0.2, 0) is 0 Å². The molecule has 0 fully saturated rings. The second-order valence-corrected chi connectivity index (χ2v) is 5.22. The van der Waals surface area contributed by atoms with E-state index in [1.807, 2.05) is 24.4 Å². The van der Waals surface area contributed by atoms with Crippen LogP contribution in [0.3, 0.4) is 0 Å². The Balaban J connectivity index is 2.32. The summed E-state index contributed by atoms with van der Waals surface area (Å²) in [6.07, 6.45) is 2.90. The molecule has 0 amide bonds. The summed E-state index contributed by atoms with van der Waals surface area (Å²) in [7, 11) is 0. The van der Waals surface area contributed by atoms with E-state index < -0.39 is 6.10 Å². The Labute approximate surface area is 101 Å². The number of thiophene rings is 1. The van der Waals surface area contributed by atoms with Gasteiger partial charge in [0.2, 0.25) is 0 Å². The van der Waals surface area contributed by atoms with Crippen LogP contribution in [-0.4, -0.2) is 10.1 Å². The fourth-order valence-electron chi connectivity index (χ4n) is 1.36. The third-order valence-electron chi connectivity index (χ3n) is 2.07. The molecule has 15 heavy (non-hydrogen) atoms. The van der Waals surface area contributed by atoms with Crippen LogP contribution in [0.5, 0.6) is 0 Å². The maximum absolute atomic E-state index is 10.1. The highest BCUT2D eigenvalue weighted by atomic mass is 79.9. The largest absolute Gasteiger partial charge is 0.383 e. The lowest BCUT2D eigenvalue weighted by Gasteiger charge is -2.08. The number of pyridine rings is 1. The molecule has 0 radical (unpaired) electrons. The van der Waals surface area contributed by atoms with E-state index in [0.29, 0.717) is 0 Å². The van der Waals surface area contributed by atoms with E-state index in [1.54, 1.807) is 12.4 Å². The Morgan fingerprint density at radius 3 is 2.80 bits per heavy atom. The van der Waals surface area contributed by atoms with Gasteiger partial charge >= 0.3 is 0 Å². The molecular weight excluding hydrogens is 274 g/mol. The number of halogens is 1. The number of hydrogen-bond donors (Lipinski definition) is 1. The summed E-state index contributed by atoms with van der Waals surface area (Å²) in [4.78, 5) is 5.00. The van der Waals surface area contributed by atoms with E-state index in [9.17, 15) is 5.11 Å². The van der Waals surface area contributed by atoms with E-state index in [2.05, 4.69) is 20.9 Å². The first-order valence-corrected chi connectivity index (χ1v) is 6.17. The van der Waals surface area contributed by atoms with Gasteiger partial charge in [-0.15, -0.1) is 11.3 Å². The smallest absolute Gasteiger partial charge is 0.115 e. The van der Waals surface area contributed by atoms with Crippen LogP contribution in [0.4, 0.5) is 0 Å². The zero-order valence-electron chi connectivity index (χ0n) is 8.14. The Kier molecular flexibility index (Phi) is 3.19. The molecule has 0 saturated heterocycles. The second-order valence-electron chi connectivity index (χ2n) is 3.37. The van der Waals surface area contributed by atoms with Crippen molar-refractivity contribution in [2.75, 3.05) is 0 Å². The average molecular weight is 284 g/mol. The molecule has 0 bridgehead atoms. The number of hydrogen-bond acceptors (Lipinski definition) is 3. The van der Waals surface area contributed by atoms with E-state index in [4.69, 9.17) is 0 Å². The minimum absolute atomic E-state index is 0.575. The highest BCUT2D eigenvalue weighted by Crippen LogP contribution is 2.29. The van der Waals surface area contributed by atoms with Crippen LogP contribution < -0.4 is 0 Å². The molecule has 0 aliphatic carbocycles. The lowest BCUT2D eigenvalue weighted by Crippen LogP contribution is -1.98. The van der Waals surface area contributed by atoms with Gasteiger partial charge in [0.25, 0.3) is 0 Å². The van der Waals surface area contributed by atoms with E-state index >= 15 is 0 Å². The maximum Gasteiger partial charge on any atom is 0.115 e. The van der Waals surface area contributed by atoms with Crippen LogP contribution in [0.2, 0.25) is 0 Å². The van der Waals surface area contributed by atoms with Crippen molar-refractivity contribution in [2.24, 2.45) is 0 Å². The molecule has 78 valence electrons. The van der Waals surface area contributed by atoms with Crippen molar-refractivity contribution in [3.8, 4) is 0 Å². The van der Waals surface area contributed by atoms with E-state index in [0.717, 1.165) is 20.5 Å². The third-order valence-corrected chi connectivity index (χ3v) is 3.82. The standard InChI is InChI=1S/C11H10BrNOS/c1-7-2-8(5-13-4-7)11(14)10-3-9(12)6-15-10/h2-6,11,14H,1H3. The van der Waals surface area contributed by atoms with Crippen LogP contribution in [0.1, 0.15) is 22.1 Å². The van der Waals surface area contributed by atoms with Crippen molar-refractivity contribution >= 4 is 27.3 Å². The van der Waals surface area contributed by atoms with Crippen molar-refractivity contribution in [1.29, 1.82) is 0 Å². The Morgan fingerprint density at radius 1 is 1.40 bits per heavy atom. The Morgan fingerprint density at radius 2 is 2.20 bits per heavy atom. The van der Waals surface area contributed by atoms with Gasteiger partial charge in [-0.1, -0.05) is 6.07 Å². The molecule has 2 aromatic rings. The number of rotatable bonds is 2. The van der Waals surface area contributed by atoms with Crippen molar-refractivity contribution in [3.63, 3.8) is 0 Å². The summed E-state index contributed by atoms with van der Waals surface area (Å²) in [5.74, 6) is 0. The fourth-order valence-corrected chi connectivity index (χ4v) is 2.82. The molecule has 1 atom stereocenters. The van der Waals surface area contributed by atoms with Gasteiger partial charge in [-0.25, -0.2) is 0 Å². The molecule has 2 nitrogen and oxygen atoms in total. The third kappa shape index (κ3) is 2.45. The lowest BCUT2D eigenvalue weighted by atomic mass is 10.1. The summed E-state index contributed by atoms with van der Waals surface area (Å²) in [5.41, 5.74) is 1.89. The Bertz CT molecular complexity index is 469. The molecule has 4 heteroatoms. The topological polar surface area (TPSA) is 33.1 Å². The van der Waals surface area contributed by atoms with Crippen LogP contribution in [0.15, 0.2) is 34.4 Å². The van der Waals surface area contributed by atoms with Gasteiger partial charge in [0.15, 0.2) is 0 Å². The van der Waals surface area contributed by atoms with E-state index in [-0.39, 0.29) is 0 Å². The predicted octanol–water partition coefficient (Wildman–Crippen LogP) is 3.30. The van der Waals surface area contributed by atoms with Crippen molar-refractivity contribution < 1.29 is 5.11 Å². The van der Waals surface area contributed by atoms with Crippen LogP contribution in [0, 0.1) is 6.92 Å². The van der Waals surface area contributed by atoms with Crippen LogP contribution in [0.25, 0.3) is 0 Å². The van der Waals surface area contributed by atoms with Crippen molar-refractivity contribution in [1.82, 2.24) is 4.98 Å². The summed E-state index contributed by atoms with van der Waals surface area (Å²) < 4.78 is 1.00. The van der Waals surface area contributed by atoms with Gasteiger partial charge in [-0.2, -0.15) is 0 Å². The summed E-state index contributed by atoms with van der Waals surface area (Å²) in [6, 6.07) is 3.88. The summed E-state index contributed by atoms with van der Waals surface area (Å²) in [5, 5.41) is 12.0. The van der Waals surface area contributed by atoms with Gasteiger partial charge in [0.05, 0.1) is 0 Å². The number of aliphatic hydroxyl groups excluding tert-OH is 1. The molecule has 0 aliphatic rings. The molecule has 0 saturated carbocycles. The fraction of sp³-hybridized carbons (Fsp3) is 0.182. The molecular formula is C11H10BrNOS. The minimum atomic E-state index is -0.575. The predicted molar refractivity (Wildman–Crippen MR) is 65.1 cm³/mol. The van der Waals surface area contributed by atoms with Crippen molar-refractivity contribution in [3.05, 3.63) is 50.4 Å². The first kappa shape index (κ1) is 10.8. The molecule has 1 N–H and O–H groups in total.